The van der Waals surface area contributed by atoms with Crippen LogP contribution in [0.15, 0.2) is 6.07 Å². The third kappa shape index (κ3) is 5.42. The monoisotopic (exact) mass is 351 g/mol. The van der Waals surface area contributed by atoms with Crippen molar-refractivity contribution in [3.63, 3.8) is 0 Å². The van der Waals surface area contributed by atoms with Gasteiger partial charge in [0.1, 0.15) is 0 Å². The van der Waals surface area contributed by atoms with Crippen LogP contribution in [0.25, 0.3) is 0 Å². The summed E-state index contributed by atoms with van der Waals surface area (Å²) in [4.78, 5) is 39.3. The van der Waals surface area contributed by atoms with Crippen LogP contribution in [0.4, 0.5) is 0 Å². The second-order valence-corrected chi connectivity index (χ2v) is 7.79. The highest BCUT2D eigenvalue weighted by molar-refractivity contribution is 7.12. The molecule has 2 amide bonds. The lowest BCUT2D eigenvalue weighted by Gasteiger charge is -2.31. The van der Waals surface area contributed by atoms with E-state index in [4.69, 9.17) is 5.73 Å². The molecule has 0 atom stereocenters. The smallest absolute Gasteiger partial charge is 0.231 e. The third-order valence-electron chi connectivity index (χ3n) is 4.25. The van der Waals surface area contributed by atoms with E-state index in [1.165, 1.54) is 0 Å². The van der Waals surface area contributed by atoms with Crippen molar-refractivity contribution in [2.75, 3.05) is 19.6 Å². The number of rotatable bonds is 7. The molecule has 2 heterocycles. The number of carbonyl (C=O) groups excluding carboxylic acids is 3. The summed E-state index contributed by atoms with van der Waals surface area (Å²) in [5, 5.41) is 2.99. The van der Waals surface area contributed by atoms with Crippen molar-refractivity contribution >= 4 is 28.9 Å². The number of primary amides is 1. The van der Waals surface area contributed by atoms with Gasteiger partial charge in [0.2, 0.25) is 11.8 Å². The summed E-state index contributed by atoms with van der Waals surface area (Å²) in [7, 11) is 0. The first-order valence-corrected chi connectivity index (χ1v) is 9.07. The number of carbonyl (C=O) groups is 3. The van der Waals surface area contributed by atoms with Crippen molar-refractivity contribution in [3.8, 4) is 0 Å². The third-order valence-corrected chi connectivity index (χ3v) is 5.22. The predicted molar refractivity (Wildman–Crippen MR) is 94.2 cm³/mol. The Hall–Kier alpha value is -1.73. The first-order valence-electron chi connectivity index (χ1n) is 8.25. The summed E-state index contributed by atoms with van der Waals surface area (Å²) in [6.45, 7) is 5.69. The van der Waals surface area contributed by atoms with Crippen LogP contribution in [-0.4, -0.2) is 48.2 Å². The van der Waals surface area contributed by atoms with Crippen LogP contribution in [0.5, 0.6) is 0 Å². The molecule has 0 aliphatic carbocycles. The lowest BCUT2D eigenvalue weighted by Crippen LogP contribution is -2.46. The highest BCUT2D eigenvalue weighted by Crippen LogP contribution is 2.22. The topological polar surface area (TPSA) is 92.5 Å². The van der Waals surface area contributed by atoms with Crippen LogP contribution >= 0.6 is 11.3 Å². The van der Waals surface area contributed by atoms with E-state index in [1.807, 2.05) is 24.8 Å². The molecule has 3 N–H and O–H groups in total. The van der Waals surface area contributed by atoms with Crippen molar-refractivity contribution in [2.24, 2.45) is 5.73 Å². The number of aryl methyl sites for hydroxylation is 2. The van der Waals surface area contributed by atoms with Crippen LogP contribution in [0.2, 0.25) is 0 Å². The average molecular weight is 351 g/mol. The van der Waals surface area contributed by atoms with Gasteiger partial charge in [-0.2, -0.15) is 0 Å². The van der Waals surface area contributed by atoms with Crippen LogP contribution in [0, 0.1) is 13.8 Å². The molecular weight excluding hydrogens is 326 g/mol. The zero-order chi connectivity index (χ0) is 17.7. The van der Waals surface area contributed by atoms with E-state index in [-0.39, 0.29) is 43.0 Å². The highest BCUT2D eigenvalue weighted by Gasteiger charge is 2.22. The Morgan fingerprint density at radius 3 is 2.46 bits per heavy atom. The number of hydrogen-bond donors (Lipinski definition) is 2. The quantitative estimate of drug-likeness (QED) is 0.726. The molecule has 1 fully saturated rings. The van der Waals surface area contributed by atoms with Gasteiger partial charge in [0, 0.05) is 47.3 Å². The number of likely N-dealkylation sites (tertiary alicyclic amines) is 1. The van der Waals surface area contributed by atoms with E-state index >= 15 is 0 Å². The van der Waals surface area contributed by atoms with Crippen LogP contribution in [0.1, 0.15) is 45.8 Å². The van der Waals surface area contributed by atoms with Crippen molar-refractivity contribution in [3.05, 3.63) is 21.4 Å². The standard InChI is InChI=1S/C17H25N3O3S/c1-11-9-14(12(2)24-11)15(21)3-4-17(23)19-13-5-7-20(8-6-13)10-16(18)22/h9,13H,3-8,10H2,1-2H3,(H2,18,22)(H,19,23). The molecule has 1 aromatic heterocycles. The largest absolute Gasteiger partial charge is 0.369 e. The Balaban J connectivity index is 1.71. The minimum atomic E-state index is -0.324. The summed E-state index contributed by atoms with van der Waals surface area (Å²) in [6.07, 6.45) is 2.06. The Morgan fingerprint density at radius 1 is 1.25 bits per heavy atom. The minimum absolute atomic E-state index is 0.0308. The number of Topliss-reactive ketones (excluding diaryl/α,β-unsaturated/α-hetero) is 1. The second-order valence-electron chi connectivity index (χ2n) is 6.33. The molecule has 2 rings (SSSR count). The predicted octanol–water partition coefficient (Wildman–Crippen LogP) is 1.39. The highest BCUT2D eigenvalue weighted by atomic mass is 32.1. The number of hydrogen-bond acceptors (Lipinski definition) is 5. The summed E-state index contributed by atoms with van der Waals surface area (Å²) in [5.74, 6) is -0.375. The van der Waals surface area contributed by atoms with Gasteiger partial charge in [-0.15, -0.1) is 11.3 Å². The van der Waals surface area contributed by atoms with Gasteiger partial charge in [-0.05, 0) is 32.8 Å². The van der Waals surface area contributed by atoms with Crippen LogP contribution in [-0.2, 0) is 9.59 Å². The van der Waals surface area contributed by atoms with E-state index in [1.54, 1.807) is 11.3 Å². The molecule has 6 nitrogen and oxygen atoms in total. The van der Waals surface area contributed by atoms with E-state index in [0.29, 0.717) is 0 Å². The number of nitrogens with two attached hydrogens (primary N) is 1. The SMILES string of the molecule is Cc1cc(C(=O)CCC(=O)NC2CCN(CC(N)=O)CC2)c(C)s1. The maximum absolute atomic E-state index is 12.2. The van der Waals surface area contributed by atoms with Gasteiger partial charge >= 0.3 is 0 Å². The summed E-state index contributed by atoms with van der Waals surface area (Å²) in [6, 6.07) is 2.01. The maximum Gasteiger partial charge on any atom is 0.231 e. The number of amides is 2. The summed E-state index contributed by atoms with van der Waals surface area (Å²) >= 11 is 1.61. The summed E-state index contributed by atoms with van der Waals surface area (Å²) in [5.41, 5.74) is 5.93. The fourth-order valence-electron chi connectivity index (χ4n) is 3.03. The number of nitrogens with one attached hydrogen (secondary N) is 1. The molecule has 7 heteroatoms. The van der Waals surface area contributed by atoms with Crippen molar-refractivity contribution < 1.29 is 14.4 Å². The van der Waals surface area contributed by atoms with Gasteiger partial charge in [0.25, 0.3) is 0 Å². The Bertz CT molecular complexity index is 619. The molecule has 1 saturated heterocycles. The molecule has 1 aliphatic rings. The Morgan fingerprint density at radius 2 is 1.92 bits per heavy atom. The fourth-order valence-corrected chi connectivity index (χ4v) is 3.97. The first kappa shape index (κ1) is 18.6. The second kappa shape index (κ2) is 8.39. The zero-order valence-electron chi connectivity index (χ0n) is 14.3. The van der Waals surface area contributed by atoms with Gasteiger partial charge in [0.05, 0.1) is 6.54 Å². The lowest BCUT2D eigenvalue weighted by atomic mass is 10.0. The minimum Gasteiger partial charge on any atom is -0.369 e. The first-order chi connectivity index (χ1) is 11.3. The Kier molecular flexibility index (Phi) is 6.51. The van der Waals surface area contributed by atoms with E-state index < -0.39 is 0 Å². The molecule has 1 aliphatic heterocycles. The van der Waals surface area contributed by atoms with Gasteiger partial charge in [0.15, 0.2) is 5.78 Å². The van der Waals surface area contributed by atoms with Crippen molar-refractivity contribution in [1.29, 1.82) is 0 Å². The number of nitrogens with zero attached hydrogens (tertiary/aromatic N) is 1. The number of piperidine rings is 1. The van der Waals surface area contributed by atoms with E-state index in [9.17, 15) is 14.4 Å². The van der Waals surface area contributed by atoms with Gasteiger partial charge in [-0.25, -0.2) is 0 Å². The molecule has 0 bridgehead atoms. The molecular formula is C17H25N3O3S. The Labute approximate surface area is 146 Å². The van der Waals surface area contributed by atoms with Crippen LogP contribution < -0.4 is 11.1 Å². The van der Waals surface area contributed by atoms with Gasteiger partial charge in [-0.3, -0.25) is 19.3 Å². The summed E-state index contributed by atoms with van der Waals surface area (Å²) < 4.78 is 0. The molecule has 24 heavy (non-hydrogen) atoms. The molecule has 0 radical (unpaired) electrons. The molecule has 1 aromatic rings. The molecule has 0 aromatic carbocycles. The molecule has 0 unspecified atom stereocenters. The molecule has 0 saturated carbocycles. The van der Waals surface area contributed by atoms with Crippen molar-refractivity contribution in [2.45, 2.75) is 45.6 Å². The van der Waals surface area contributed by atoms with Gasteiger partial charge in [-0.1, -0.05) is 0 Å². The van der Waals surface area contributed by atoms with E-state index in [0.717, 1.165) is 41.2 Å². The normalized spacial score (nSPS) is 16.1. The van der Waals surface area contributed by atoms with Crippen molar-refractivity contribution in [1.82, 2.24) is 10.2 Å². The number of thiophene rings is 1. The fraction of sp³-hybridized carbons (Fsp3) is 0.588. The average Bonchev–Trinajstić information content (AvgIpc) is 2.85. The van der Waals surface area contributed by atoms with E-state index in [2.05, 4.69) is 5.32 Å². The molecule has 132 valence electrons. The number of ketones is 1. The lowest BCUT2D eigenvalue weighted by molar-refractivity contribution is -0.123. The van der Waals surface area contributed by atoms with Crippen LogP contribution in [0.3, 0.4) is 0 Å². The maximum atomic E-state index is 12.2. The zero-order valence-corrected chi connectivity index (χ0v) is 15.1. The molecule has 0 spiro atoms. The van der Waals surface area contributed by atoms with Gasteiger partial charge < -0.3 is 11.1 Å².